The highest BCUT2D eigenvalue weighted by Gasteiger charge is 2.25. The summed E-state index contributed by atoms with van der Waals surface area (Å²) < 4.78 is 43.8. The van der Waals surface area contributed by atoms with E-state index in [0.717, 1.165) is 61.2 Å². The first-order valence-corrected chi connectivity index (χ1v) is 16.7. The maximum absolute atomic E-state index is 13.7. The lowest BCUT2D eigenvalue weighted by molar-refractivity contribution is 0.0364. The lowest BCUT2D eigenvalue weighted by Gasteiger charge is -2.29. The van der Waals surface area contributed by atoms with Gasteiger partial charge in [0, 0.05) is 60.0 Å². The Balaban J connectivity index is 1.48. The summed E-state index contributed by atoms with van der Waals surface area (Å²) in [6.45, 7) is 8.09. The molecule has 1 fully saturated rings. The fraction of sp³-hybridized carbons (Fsp3) is 0.485. The number of hydrogen-bond acceptors (Lipinski definition) is 7. The van der Waals surface area contributed by atoms with Gasteiger partial charge in [0.2, 0.25) is 10.0 Å². The summed E-state index contributed by atoms with van der Waals surface area (Å²) in [5.74, 6) is 0. The number of carbonyl (C=O) groups is 1. The number of morpholine rings is 1. The van der Waals surface area contributed by atoms with Crippen molar-refractivity contribution in [2.75, 3.05) is 79.9 Å². The van der Waals surface area contributed by atoms with Crippen molar-refractivity contribution in [3.05, 3.63) is 77.9 Å². The zero-order valence-electron chi connectivity index (χ0n) is 26.1. The molecule has 1 heterocycles. The Morgan fingerprint density at radius 2 is 1.59 bits per heavy atom. The molecule has 0 aromatic heterocycles. The fourth-order valence-corrected chi connectivity index (χ4v) is 6.83. The van der Waals surface area contributed by atoms with Gasteiger partial charge in [0.15, 0.2) is 0 Å². The van der Waals surface area contributed by atoms with Gasteiger partial charge in [-0.1, -0.05) is 54.6 Å². The van der Waals surface area contributed by atoms with Gasteiger partial charge in [-0.05, 0) is 47.4 Å². The first-order valence-electron chi connectivity index (χ1n) is 15.2. The summed E-state index contributed by atoms with van der Waals surface area (Å²) in [5.41, 5.74) is 1.91. The second kappa shape index (κ2) is 16.9. The number of rotatable bonds is 16. The van der Waals surface area contributed by atoms with E-state index in [0.29, 0.717) is 13.1 Å². The Morgan fingerprint density at radius 1 is 0.932 bits per heavy atom. The number of nitrogens with one attached hydrogen (secondary N) is 1. The molecule has 3 aromatic rings. The molecule has 0 spiro atoms. The highest BCUT2D eigenvalue weighted by atomic mass is 32.2. The monoisotopic (exact) mass is 626 g/mol. The molecular formula is C33H46N4O6S. The third-order valence-electron chi connectivity index (χ3n) is 7.95. The molecule has 2 amide bonds. The Bertz CT molecular complexity index is 1420. The fourth-order valence-electron chi connectivity index (χ4n) is 5.42. The number of ether oxygens (including phenoxy) is 3. The van der Waals surface area contributed by atoms with E-state index < -0.39 is 10.0 Å². The van der Waals surface area contributed by atoms with Crippen LogP contribution >= 0.6 is 0 Å². The maximum Gasteiger partial charge on any atom is 0.318 e. The van der Waals surface area contributed by atoms with Gasteiger partial charge in [-0.15, -0.1) is 0 Å². The molecule has 11 heteroatoms. The molecule has 1 atom stereocenters. The molecule has 4 rings (SSSR count). The third kappa shape index (κ3) is 9.23. The standard InChI is InChI=1S/C33H46N4O6S/c1-27(31-11-6-9-29-8-4-5-10-32(29)31)34-33(38)36(17-7-16-35-18-24-43-25-19-35)26-28-12-14-30(15-13-28)44(39,40)37(20-22-41-2)21-23-42-3/h4-6,8-15,27H,7,16-26H2,1-3H3,(H,34,38)/t27-/m0/s1. The second-order valence-corrected chi connectivity index (χ2v) is 12.9. The van der Waals surface area contributed by atoms with Crippen LogP contribution in [0.3, 0.4) is 0 Å². The second-order valence-electron chi connectivity index (χ2n) is 11.0. The summed E-state index contributed by atoms with van der Waals surface area (Å²) >= 11 is 0. The van der Waals surface area contributed by atoms with E-state index in [1.807, 2.05) is 30.0 Å². The zero-order valence-corrected chi connectivity index (χ0v) is 26.9. The van der Waals surface area contributed by atoms with Crippen LogP contribution in [0.2, 0.25) is 0 Å². The lowest BCUT2D eigenvalue weighted by Crippen LogP contribution is -2.43. The molecule has 0 aliphatic carbocycles. The number of amides is 2. The SMILES string of the molecule is COCCN(CCOC)S(=O)(=O)c1ccc(CN(CCCN2CCOCC2)C(=O)N[C@@H](C)c2cccc3ccccc23)cc1. The number of methoxy groups -OCH3 is 2. The average molecular weight is 627 g/mol. The van der Waals surface area contributed by atoms with Crippen LogP contribution in [0.4, 0.5) is 4.79 Å². The molecule has 1 N–H and O–H groups in total. The molecule has 1 saturated heterocycles. The number of urea groups is 1. The third-order valence-corrected chi connectivity index (χ3v) is 9.86. The van der Waals surface area contributed by atoms with E-state index in [4.69, 9.17) is 14.2 Å². The number of sulfonamides is 1. The van der Waals surface area contributed by atoms with Crippen molar-refractivity contribution in [2.45, 2.75) is 30.8 Å². The molecule has 0 unspecified atom stereocenters. The largest absolute Gasteiger partial charge is 0.383 e. The summed E-state index contributed by atoms with van der Waals surface area (Å²) in [7, 11) is -0.647. The van der Waals surface area contributed by atoms with Crippen LogP contribution in [0.1, 0.15) is 30.5 Å². The first kappa shape index (κ1) is 33.8. The van der Waals surface area contributed by atoms with Gasteiger partial charge in [0.25, 0.3) is 0 Å². The Labute approximate surface area is 261 Å². The summed E-state index contributed by atoms with van der Waals surface area (Å²) in [4.78, 5) is 18.1. The maximum atomic E-state index is 13.7. The van der Waals surface area contributed by atoms with E-state index >= 15 is 0 Å². The summed E-state index contributed by atoms with van der Waals surface area (Å²) in [5, 5.41) is 5.46. The van der Waals surface area contributed by atoms with E-state index in [9.17, 15) is 13.2 Å². The lowest BCUT2D eigenvalue weighted by atomic mass is 10.00. The minimum Gasteiger partial charge on any atom is -0.383 e. The first-order chi connectivity index (χ1) is 21.3. The highest BCUT2D eigenvalue weighted by molar-refractivity contribution is 7.89. The van der Waals surface area contributed by atoms with Crippen LogP contribution in [0.5, 0.6) is 0 Å². The molecule has 0 radical (unpaired) electrons. The van der Waals surface area contributed by atoms with Crippen molar-refractivity contribution < 1.29 is 27.4 Å². The van der Waals surface area contributed by atoms with Gasteiger partial charge < -0.3 is 24.4 Å². The summed E-state index contributed by atoms with van der Waals surface area (Å²) in [6, 6.07) is 20.8. The molecule has 1 aliphatic heterocycles. The predicted octanol–water partition coefficient (Wildman–Crippen LogP) is 4.12. The predicted molar refractivity (Wildman–Crippen MR) is 172 cm³/mol. The minimum absolute atomic E-state index is 0.158. The van der Waals surface area contributed by atoms with Gasteiger partial charge in [-0.25, -0.2) is 13.2 Å². The van der Waals surface area contributed by atoms with Crippen LogP contribution in [0.25, 0.3) is 10.8 Å². The van der Waals surface area contributed by atoms with E-state index in [2.05, 4.69) is 34.5 Å². The smallest absolute Gasteiger partial charge is 0.318 e. The van der Waals surface area contributed by atoms with Gasteiger partial charge in [-0.3, -0.25) is 4.90 Å². The number of nitrogens with zero attached hydrogens (tertiary/aromatic N) is 3. The molecule has 1 aliphatic rings. The minimum atomic E-state index is -3.73. The van der Waals surface area contributed by atoms with Crippen molar-refractivity contribution in [3.63, 3.8) is 0 Å². The summed E-state index contributed by atoms with van der Waals surface area (Å²) in [6.07, 6.45) is 0.816. The van der Waals surface area contributed by atoms with Crippen LogP contribution in [-0.2, 0) is 30.8 Å². The number of carbonyl (C=O) groups excluding carboxylic acids is 1. The van der Waals surface area contributed by atoms with E-state index in [1.165, 1.54) is 4.31 Å². The van der Waals surface area contributed by atoms with Crippen molar-refractivity contribution >= 4 is 26.8 Å². The molecule has 0 saturated carbocycles. The number of hydrogen-bond donors (Lipinski definition) is 1. The van der Waals surface area contributed by atoms with Crippen LogP contribution in [0.15, 0.2) is 71.6 Å². The zero-order chi connectivity index (χ0) is 31.4. The van der Waals surface area contributed by atoms with Crippen molar-refractivity contribution in [1.82, 2.24) is 19.4 Å². The quantitative estimate of drug-likeness (QED) is 0.255. The Kier molecular flexibility index (Phi) is 13.0. The Morgan fingerprint density at radius 3 is 2.27 bits per heavy atom. The van der Waals surface area contributed by atoms with Crippen LogP contribution in [0, 0.1) is 0 Å². The number of benzene rings is 3. The highest BCUT2D eigenvalue weighted by Crippen LogP contribution is 2.24. The van der Waals surface area contributed by atoms with Crippen LogP contribution in [-0.4, -0.2) is 108 Å². The van der Waals surface area contributed by atoms with Crippen molar-refractivity contribution in [2.24, 2.45) is 0 Å². The molecule has 3 aromatic carbocycles. The molecule has 10 nitrogen and oxygen atoms in total. The van der Waals surface area contributed by atoms with Gasteiger partial charge in [0.1, 0.15) is 0 Å². The van der Waals surface area contributed by atoms with E-state index in [-0.39, 0.29) is 43.3 Å². The number of fused-ring (bicyclic) bond motifs is 1. The van der Waals surface area contributed by atoms with E-state index in [1.54, 1.807) is 38.5 Å². The normalized spacial score (nSPS) is 15.0. The van der Waals surface area contributed by atoms with Gasteiger partial charge >= 0.3 is 6.03 Å². The van der Waals surface area contributed by atoms with Gasteiger partial charge in [-0.2, -0.15) is 4.31 Å². The average Bonchev–Trinajstić information content (AvgIpc) is 3.04. The van der Waals surface area contributed by atoms with Crippen molar-refractivity contribution in [3.8, 4) is 0 Å². The van der Waals surface area contributed by atoms with Crippen molar-refractivity contribution in [1.29, 1.82) is 0 Å². The molecule has 0 bridgehead atoms. The molecular weight excluding hydrogens is 580 g/mol. The van der Waals surface area contributed by atoms with Gasteiger partial charge in [0.05, 0.1) is 37.4 Å². The topological polar surface area (TPSA) is 101 Å². The Hall–Kier alpha value is -3.06. The molecule has 44 heavy (non-hydrogen) atoms. The molecule has 240 valence electrons. The van der Waals surface area contributed by atoms with Crippen LogP contribution < -0.4 is 5.32 Å².